The van der Waals surface area contributed by atoms with E-state index < -0.39 is 0 Å². The van der Waals surface area contributed by atoms with Crippen molar-refractivity contribution >= 4 is 28.9 Å². The van der Waals surface area contributed by atoms with Crippen LogP contribution in [0.15, 0.2) is 12.1 Å². The van der Waals surface area contributed by atoms with Gasteiger partial charge in [0.1, 0.15) is 22.4 Å². The molecule has 1 aliphatic carbocycles. The highest BCUT2D eigenvalue weighted by molar-refractivity contribution is 7.10. The molecule has 0 amide bonds. The highest BCUT2D eigenvalue weighted by atomic mass is 35.5. The Labute approximate surface area is 125 Å². The van der Waals surface area contributed by atoms with Gasteiger partial charge < -0.3 is 4.74 Å². The van der Waals surface area contributed by atoms with Gasteiger partial charge >= 0.3 is 0 Å². The van der Waals surface area contributed by atoms with E-state index >= 15 is 0 Å². The Bertz CT molecular complexity index is 684. The van der Waals surface area contributed by atoms with Gasteiger partial charge in [0.15, 0.2) is 5.78 Å². The van der Waals surface area contributed by atoms with E-state index in [0.29, 0.717) is 22.2 Å². The lowest BCUT2D eigenvalue weighted by molar-refractivity contribution is 0.0986. The fourth-order valence-corrected chi connectivity index (χ4v) is 3.26. The molecule has 1 aromatic heterocycles. The molecule has 20 heavy (non-hydrogen) atoms. The monoisotopic (exact) mass is 308 g/mol. The zero-order valence-corrected chi connectivity index (χ0v) is 12.7. The van der Waals surface area contributed by atoms with Crippen LogP contribution in [0.4, 0.5) is 0 Å². The Kier molecular flexibility index (Phi) is 3.48. The molecule has 0 N–H and O–H groups in total. The van der Waals surface area contributed by atoms with Gasteiger partial charge in [0.2, 0.25) is 0 Å². The van der Waals surface area contributed by atoms with E-state index in [0.717, 1.165) is 28.2 Å². The Balaban J connectivity index is 1.92. The van der Waals surface area contributed by atoms with Crippen LogP contribution in [0.25, 0.3) is 0 Å². The molecular weight excluding hydrogens is 296 g/mol. The molecular formula is C14H13ClN2O2S. The van der Waals surface area contributed by atoms with E-state index in [2.05, 4.69) is 16.5 Å². The summed E-state index contributed by atoms with van der Waals surface area (Å²) in [6.45, 7) is 4.33. The average Bonchev–Trinajstić information content (AvgIpc) is 2.94. The number of hydrogen-bond acceptors (Lipinski definition) is 5. The van der Waals surface area contributed by atoms with E-state index in [4.69, 9.17) is 16.3 Å². The third-order valence-electron chi connectivity index (χ3n) is 3.56. The number of aromatic nitrogens is 2. The Morgan fingerprint density at radius 2 is 2.30 bits per heavy atom. The van der Waals surface area contributed by atoms with Crippen molar-refractivity contribution in [3.05, 3.63) is 38.9 Å². The largest absolute Gasteiger partial charge is 0.486 e. The summed E-state index contributed by atoms with van der Waals surface area (Å²) in [5.74, 6) is 1.02. The number of rotatable bonds is 3. The van der Waals surface area contributed by atoms with E-state index in [1.165, 1.54) is 0 Å². The summed E-state index contributed by atoms with van der Waals surface area (Å²) >= 11 is 7.07. The first kappa shape index (κ1) is 13.5. The smallest absolute Gasteiger partial charge is 0.167 e. The lowest BCUT2D eigenvalue weighted by atomic mass is 9.97. The number of benzene rings is 1. The summed E-state index contributed by atoms with van der Waals surface area (Å²) in [5.41, 5.74) is 3.57. The number of ketones is 1. The van der Waals surface area contributed by atoms with Gasteiger partial charge in [0.05, 0.1) is 5.56 Å². The maximum atomic E-state index is 12.1. The standard InChI is InChI=1S/C14H13ClN2O2S/c1-7-3-4-11(13-10(18)5-8(2)12(7)13)19-6-9-14(15)20-17-16-9/h3-4,8H,5-6H2,1-2H3/t8-/m1/s1. The Hall–Kier alpha value is -1.46. The van der Waals surface area contributed by atoms with Crippen molar-refractivity contribution in [2.45, 2.75) is 32.8 Å². The molecule has 2 aromatic rings. The molecule has 0 radical (unpaired) electrons. The van der Waals surface area contributed by atoms with E-state index in [1.807, 2.05) is 19.1 Å². The molecule has 0 spiro atoms. The van der Waals surface area contributed by atoms with Crippen LogP contribution in [0, 0.1) is 6.92 Å². The average molecular weight is 309 g/mol. The molecule has 1 heterocycles. The van der Waals surface area contributed by atoms with E-state index in [9.17, 15) is 4.79 Å². The predicted molar refractivity (Wildman–Crippen MR) is 77.8 cm³/mol. The summed E-state index contributed by atoms with van der Waals surface area (Å²) in [4.78, 5) is 12.1. The molecule has 0 bridgehead atoms. The van der Waals surface area contributed by atoms with Crippen molar-refractivity contribution in [3.8, 4) is 5.75 Å². The molecule has 0 saturated heterocycles. The first-order chi connectivity index (χ1) is 9.58. The van der Waals surface area contributed by atoms with Crippen molar-refractivity contribution in [2.75, 3.05) is 0 Å². The van der Waals surface area contributed by atoms with Crippen LogP contribution in [-0.4, -0.2) is 15.4 Å². The number of fused-ring (bicyclic) bond motifs is 1. The Morgan fingerprint density at radius 3 is 3.00 bits per heavy atom. The fourth-order valence-electron chi connectivity index (χ4n) is 2.66. The minimum absolute atomic E-state index is 0.147. The molecule has 0 saturated carbocycles. The topological polar surface area (TPSA) is 52.1 Å². The van der Waals surface area contributed by atoms with Gasteiger partial charge in [0.25, 0.3) is 0 Å². The van der Waals surface area contributed by atoms with Crippen molar-refractivity contribution < 1.29 is 9.53 Å². The van der Waals surface area contributed by atoms with Crippen molar-refractivity contribution in [1.29, 1.82) is 0 Å². The number of halogens is 1. The van der Waals surface area contributed by atoms with Crippen molar-refractivity contribution in [3.63, 3.8) is 0 Å². The minimum atomic E-state index is 0.147. The zero-order chi connectivity index (χ0) is 14.3. The number of carbonyl (C=O) groups excluding carboxylic acids is 1. The highest BCUT2D eigenvalue weighted by Crippen LogP contribution is 2.40. The van der Waals surface area contributed by atoms with Crippen LogP contribution in [0.5, 0.6) is 5.75 Å². The normalized spacial score (nSPS) is 17.4. The molecule has 3 rings (SSSR count). The van der Waals surface area contributed by atoms with Gasteiger partial charge in [-0.15, -0.1) is 5.10 Å². The fraction of sp³-hybridized carbons (Fsp3) is 0.357. The molecule has 0 aliphatic heterocycles. The predicted octanol–water partition coefficient (Wildman–Crippen LogP) is 3.77. The maximum absolute atomic E-state index is 12.1. The van der Waals surface area contributed by atoms with Gasteiger partial charge in [-0.1, -0.05) is 29.1 Å². The van der Waals surface area contributed by atoms with Crippen molar-refractivity contribution in [1.82, 2.24) is 9.59 Å². The molecule has 1 aromatic carbocycles. The van der Waals surface area contributed by atoms with Crippen LogP contribution in [0.2, 0.25) is 4.34 Å². The summed E-state index contributed by atoms with van der Waals surface area (Å²) in [5, 5.41) is 3.90. The first-order valence-electron chi connectivity index (χ1n) is 6.34. The highest BCUT2D eigenvalue weighted by Gasteiger charge is 2.31. The second-order valence-corrected chi connectivity index (χ2v) is 6.34. The zero-order valence-electron chi connectivity index (χ0n) is 11.1. The SMILES string of the molecule is Cc1ccc(OCc2nnsc2Cl)c2c1[C@H](C)CC2=O. The van der Waals surface area contributed by atoms with E-state index in [-0.39, 0.29) is 18.3 Å². The summed E-state index contributed by atoms with van der Waals surface area (Å²) in [6, 6.07) is 3.84. The van der Waals surface area contributed by atoms with Gasteiger partial charge in [0, 0.05) is 18.0 Å². The maximum Gasteiger partial charge on any atom is 0.167 e. The number of carbonyl (C=O) groups is 1. The van der Waals surface area contributed by atoms with Crippen LogP contribution < -0.4 is 4.74 Å². The molecule has 4 nitrogen and oxygen atoms in total. The number of hydrogen-bond donors (Lipinski definition) is 0. The number of ether oxygens (including phenoxy) is 1. The lowest BCUT2D eigenvalue weighted by Gasteiger charge is -2.12. The quantitative estimate of drug-likeness (QED) is 0.866. The minimum Gasteiger partial charge on any atom is -0.486 e. The van der Waals surface area contributed by atoms with Crippen LogP contribution >= 0.6 is 23.1 Å². The molecule has 0 fully saturated rings. The van der Waals surface area contributed by atoms with Gasteiger partial charge in [-0.2, -0.15) is 0 Å². The third-order valence-corrected chi connectivity index (χ3v) is 4.55. The number of nitrogens with zero attached hydrogens (tertiary/aromatic N) is 2. The van der Waals surface area contributed by atoms with Crippen molar-refractivity contribution in [2.24, 2.45) is 0 Å². The second-order valence-electron chi connectivity index (χ2n) is 4.98. The van der Waals surface area contributed by atoms with Gasteiger partial charge in [-0.25, -0.2) is 0 Å². The molecule has 0 unspecified atom stereocenters. The molecule has 1 aliphatic rings. The Morgan fingerprint density at radius 1 is 1.50 bits per heavy atom. The second kappa shape index (κ2) is 5.14. The molecule has 6 heteroatoms. The molecule has 1 atom stereocenters. The first-order valence-corrected chi connectivity index (χ1v) is 7.49. The van der Waals surface area contributed by atoms with Crippen LogP contribution in [-0.2, 0) is 6.61 Å². The summed E-state index contributed by atoms with van der Waals surface area (Å²) in [6.07, 6.45) is 0.551. The third kappa shape index (κ3) is 2.21. The van der Waals surface area contributed by atoms with Gasteiger partial charge in [-0.3, -0.25) is 4.79 Å². The number of Topliss-reactive ketones (excluding diaryl/α,β-unsaturated/α-hetero) is 1. The summed E-state index contributed by atoms with van der Waals surface area (Å²) in [7, 11) is 0. The van der Waals surface area contributed by atoms with Crippen LogP contribution in [0.1, 0.15) is 46.4 Å². The summed E-state index contributed by atoms with van der Waals surface area (Å²) < 4.78 is 10.0. The molecule has 104 valence electrons. The van der Waals surface area contributed by atoms with E-state index in [1.54, 1.807) is 0 Å². The van der Waals surface area contributed by atoms with Crippen LogP contribution in [0.3, 0.4) is 0 Å². The lowest BCUT2D eigenvalue weighted by Crippen LogP contribution is -2.03. The number of aryl methyl sites for hydroxylation is 1. The van der Waals surface area contributed by atoms with Gasteiger partial charge in [-0.05, 0) is 30.0 Å².